The summed E-state index contributed by atoms with van der Waals surface area (Å²) in [5.41, 5.74) is 0.942. The molecule has 0 saturated heterocycles. The summed E-state index contributed by atoms with van der Waals surface area (Å²) in [6.45, 7) is 0. The van der Waals surface area contributed by atoms with Crippen molar-refractivity contribution < 1.29 is 9.47 Å². The normalized spacial score (nSPS) is 23.7. The Bertz CT molecular complexity index is 397. The summed E-state index contributed by atoms with van der Waals surface area (Å²) < 4.78 is 10.7. The van der Waals surface area contributed by atoms with Crippen LogP contribution in [0.3, 0.4) is 0 Å². The first-order chi connectivity index (χ1) is 8.72. The third-order valence-electron chi connectivity index (χ3n) is 3.49. The zero-order valence-electron chi connectivity index (χ0n) is 10.9. The van der Waals surface area contributed by atoms with Crippen LogP contribution in [0.15, 0.2) is 18.2 Å². The van der Waals surface area contributed by atoms with E-state index in [4.69, 9.17) is 21.1 Å². The summed E-state index contributed by atoms with van der Waals surface area (Å²) in [5, 5.41) is 4.23. The highest BCUT2D eigenvalue weighted by Gasteiger charge is 2.22. The molecule has 2 rings (SSSR count). The molecule has 0 heterocycles. The molecule has 4 heteroatoms. The van der Waals surface area contributed by atoms with Crippen LogP contribution in [0.4, 0.5) is 5.69 Å². The van der Waals surface area contributed by atoms with E-state index in [-0.39, 0.29) is 0 Å². The van der Waals surface area contributed by atoms with Crippen LogP contribution in [0.1, 0.15) is 25.7 Å². The molecule has 0 amide bonds. The maximum absolute atomic E-state index is 6.19. The van der Waals surface area contributed by atoms with Crippen molar-refractivity contribution >= 4 is 17.3 Å². The van der Waals surface area contributed by atoms with E-state index < -0.39 is 0 Å². The largest absolute Gasteiger partial charge is 0.497 e. The van der Waals surface area contributed by atoms with Gasteiger partial charge in [0.1, 0.15) is 5.75 Å². The highest BCUT2D eigenvalue weighted by atomic mass is 35.5. The van der Waals surface area contributed by atoms with Gasteiger partial charge in [-0.3, -0.25) is 0 Å². The molecule has 1 aromatic rings. The zero-order valence-corrected chi connectivity index (χ0v) is 11.7. The summed E-state index contributed by atoms with van der Waals surface area (Å²) in [6.07, 6.45) is 4.90. The maximum Gasteiger partial charge on any atom is 0.121 e. The highest BCUT2D eigenvalue weighted by molar-refractivity contribution is 6.33. The van der Waals surface area contributed by atoms with E-state index in [1.54, 1.807) is 14.2 Å². The molecule has 1 aliphatic rings. The Morgan fingerprint density at radius 1 is 1.28 bits per heavy atom. The van der Waals surface area contributed by atoms with Crippen LogP contribution in [0.5, 0.6) is 5.75 Å². The van der Waals surface area contributed by atoms with Crippen LogP contribution in [-0.4, -0.2) is 26.4 Å². The molecule has 0 aliphatic heterocycles. The van der Waals surface area contributed by atoms with Gasteiger partial charge in [0.25, 0.3) is 0 Å². The molecule has 1 N–H and O–H groups in total. The molecule has 0 aromatic heterocycles. The smallest absolute Gasteiger partial charge is 0.121 e. The summed E-state index contributed by atoms with van der Waals surface area (Å²) in [5.74, 6) is 0.820. The summed E-state index contributed by atoms with van der Waals surface area (Å²) in [7, 11) is 3.44. The molecule has 0 spiro atoms. The van der Waals surface area contributed by atoms with E-state index in [2.05, 4.69) is 5.32 Å². The van der Waals surface area contributed by atoms with Crippen molar-refractivity contribution in [2.75, 3.05) is 19.5 Å². The first-order valence-electron chi connectivity index (χ1n) is 6.36. The molecule has 2 atom stereocenters. The van der Waals surface area contributed by atoms with Crippen LogP contribution >= 0.6 is 11.6 Å². The van der Waals surface area contributed by atoms with E-state index in [9.17, 15) is 0 Å². The summed E-state index contributed by atoms with van der Waals surface area (Å²) >= 11 is 6.19. The first kappa shape index (κ1) is 13.5. The lowest BCUT2D eigenvalue weighted by Crippen LogP contribution is -2.31. The van der Waals surface area contributed by atoms with Crippen molar-refractivity contribution in [3.8, 4) is 5.75 Å². The minimum atomic E-state index is 0.362. The topological polar surface area (TPSA) is 30.5 Å². The van der Waals surface area contributed by atoms with Gasteiger partial charge in [-0.2, -0.15) is 0 Å². The second-order valence-electron chi connectivity index (χ2n) is 4.71. The Morgan fingerprint density at radius 2 is 2.11 bits per heavy atom. The van der Waals surface area contributed by atoms with Crippen molar-refractivity contribution in [2.45, 2.75) is 37.8 Å². The van der Waals surface area contributed by atoms with Crippen molar-refractivity contribution in [1.82, 2.24) is 0 Å². The molecule has 3 nitrogen and oxygen atoms in total. The fourth-order valence-electron chi connectivity index (χ4n) is 2.45. The van der Waals surface area contributed by atoms with Crippen molar-refractivity contribution in [2.24, 2.45) is 0 Å². The SMILES string of the molecule is COc1ccc(Cl)c(NC2CCCC(OC)C2)c1. The van der Waals surface area contributed by atoms with Gasteiger partial charge in [0.2, 0.25) is 0 Å². The van der Waals surface area contributed by atoms with Crippen LogP contribution < -0.4 is 10.1 Å². The molecular weight excluding hydrogens is 250 g/mol. The number of halogens is 1. The number of anilines is 1. The molecule has 1 aliphatic carbocycles. The molecule has 100 valence electrons. The first-order valence-corrected chi connectivity index (χ1v) is 6.73. The van der Waals surface area contributed by atoms with Gasteiger partial charge in [-0.1, -0.05) is 11.6 Å². The van der Waals surface area contributed by atoms with Gasteiger partial charge in [0.05, 0.1) is 23.9 Å². The summed E-state index contributed by atoms with van der Waals surface area (Å²) in [4.78, 5) is 0. The monoisotopic (exact) mass is 269 g/mol. The molecule has 0 bridgehead atoms. The van der Waals surface area contributed by atoms with Gasteiger partial charge in [-0.25, -0.2) is 0 Å². The average Bonchev–Trinajstić information content (AvgIpc) is 2.41. The molecule has 1 saturated carbocycles. The van der Waals surface area contributed by atoms with Gasteiger partial charge in [0, 0.05) is 19.2 Å². The van der Waals surface area contributed by atoms with Gasteiger partial charge < -0.3 is 14.8 Å². The molecule has 1 aromatic carbocycles. The van der Waals surface area contributed by atoms with Crippen LogP contribution in [-0.2, 0) is 4.74 Å². The number of rotatable bonds is 4. The Kier molecular flexibility index (Phi) is 4.72. The second kappa shape index (κ2) is 6.30. The summed E-state index contributed by atoms with van der Waals surface area (Å²) in [6, 6.07) is 6.10. The number of benzene rings is 1. The molecular formula is C14H20ClNO2. The van der Waals surface area contributed by atoms with Gasteiger partial charge in [0.15, 0.2) is 0 Å². The molecule has 1 fully saturated rings. The Balaban J connectivity index is 2.04. The molecule has 0 radical (unpaired) electrons. The van der Waals surface area contributed by atoms with E-state index in [1.807, 2.05) is 18.2 Å². The predicted octanol–water partition coefficient (Wildman–Crippen LogP) is 3.72. The Hall–Kier alpha value is -0.930. The highest BCUT2D eigenvalue weighted by Crippen LogP contribution is 2.30. The van der Waals surface area contributed by atoms with Crippen molar-refractivity contribution in [3.05, 3.63) is 23.2 Å². The number of methoxy groups -OCH3 is 2. The van der Waals surface area contributed by atoms with E-state index >= 15 is 0 Å². The van der Waals surface area contributed by atoms with Gasteiger partial charge in [-0.15, -0.1) is 0 Å². The number of ether oxygens (including phenoxy) is 2. The lowest BCUT2D eigenvalue weighted by atomic mass is 9.92. The third-order valence-corrected chi connectivity index (χ3v) is 3.82. The Labute approximate surface area is 113 Å². The Morgan fingerprint density at radius 3 is 2.83 bits per heavy atom. The molecule has 18 heavy (non-hydrogen) atoms. The van der Waals surface area contributed by atoms with Crippen LogP contribution in [0.25, 0.3) is 0 Å². The van der Waals surface area contributed by atoms with Crippen LogP contribution in [0, 0.1) is 0 Å². The fraction of sp³-hybridized carbons (Fsp3) is 0.571. The lowest BCUT2D eigenvalue weighted by Gasteiger charge is -2.29. The fourth-order valence-corrected chi connectivity index (χ4v) is 2.62. The van der Waals surface area contributed by atoms with E-state index in [0.29, 0.717) is 12.1 Å². The van der Waals surface area contributed by atoms with Crippen molar-refractivity contribution in [3.63, 3.8) is 0 Å². The minimum Gasteiger partial charge on any atom is -0.497 e. The van der Waals surface area contributed by atoms with Crippen LogP contribution in [0.2, 0.25) is 5.02 Å². The zero-order chi connectivity index (χ0) is 13.0. The minimum absolute atomic E-state index is 0.362. The van der Waals surface area contributed by atoms with E-state index in [1.165, 1.54) is 6.42 Å². The average molecular weight is 270 g/mol. The van der Waals surface area contributed by atoms with Gasteiger partial charge in [-0.05, 0) is 37.8 Å². The molecule has 2 unspecified atom stereocenters. The predicted molar refractivity (Wildman–Crippen MR) is 74.7 cm³/mol. The van der Waals surface area contributed by atoms with Crippen molar-refractivity contribution in [1.29, 1.82) is 0 Å². The number of hydrogen-bond acceptors (Lipinski definition) is 3. The van der Waals surface area contributed by atoms with E-state index in [0.717, 1.165) is 35.7 Å². The standard InChI is InChI=1S/C14H20ClNO2/c1-17-11-5-3-4-10(8-11)16-14-9-12(18-2)6-7-13(14)15/h6-7,9-11,16H,3-5,8H2,1-2H3. The second-order valence-corrected chi connectivity index (χ2v) is 5.12. The number of hydrogen-bond donors (Lipinski definition) is 1. The third kappa shape index (κ3) is 3.30. The van der Waals surface area contributed by atoms with Gasteiger partial charge >= 0.3 is 0 Å². The lowest BCUT2D eigenvalue weighted by molar-refractivity contribution is 0.0669. The quantitative estimate of drug-likeness (QED) is 0.904. The maximum atomic E-state index is 6.19. The number of nitrogens with one attached hydrogen (secondary N) is 1.